The van der Waals surface area contributed by atoms with Crippen molar-refractivity contribution in [2.24, 2.45) is 4.99 Å². The summed E-state index contributed by atoms with van der Waals surface area (Å²) < 4.78 is 28.1. The molecule has 6 aromatic rings. The van der Waals surface area contributed by atoms with Crippen molar-refractivity contribution >= 4 is 23.8 Å². The number of benzene rings is 4. The van der Waals surface area contributed by atoms with Gasteiger partial charge in [0.1, 0.15) is 17.2 Å². The molecule has 282 valence electrons. The number of anilines is 1. The van der Waals surface area contributed by atoms with Gasteiger partial charge in [-0.2, -0.15) is 0 Å². The standard InChI is InChI=1S/C45H41N5O6/c1-6-29-12-17-34(46-28-29)22-23-56-36-20-15-32(16-21-36)38-27-37(31-13-18-35(52-2)19-14-31)48-45(49-38)50-43(33-10-8-7-9-11-33)47-39(44(50)51)24-30-25-40(53-3)42(55-5)41(26-30)54-4/h7-21,24-28H,6,22-23H2,1-5H3/b39-24+. The van der Waals surface area contributed by atoms with E-state index in [0.717, 1.165) is 29.0 Å². The smallest absolute Gasteiger partial charge is 0.285 e. The maximum Gasteiger partial charge on any atom is 0.285 e. The van der Waals surface area contributed by atoms with E-state index in [4.69, 9.17) is 38.6 Å². The average molecular weight is 748 g/mol. The Morgan fingerprint density at radius 3 is 1.88 bits per heavy atom. The third kappa shape index (κ3) is 8.07. The highest BCUT2D eigenvalue weighted by molar-refractivity contribution is 6.32. The molecule has 0 radical (unpaired) electrons. The zero-order valence-corrected chi connectivity index (χ0v) is 31.9. The molecule has 1 aliphatic rings. The number of nitrogens with zero attached hydrogens (tertiary/aromatic N) is 5. The number of carbonyl (C=O) groups is 1. The second-order valence-corrected chi connectivity index (χ2v) is 12.7. The quantitative estimate of drug-likeness (QED) is 0.102. The molecule has 0 fully saturated rings. The molecule has 0 aliphatic carbocycles. The van der Waals surface area contributed by atoms with Crippen LogP contribution in [0.4, 0.5) is 5.95 Å². The predicted octanol–water partition coefficient (Wildman–Crippen LogP) is 8.26. The first-order valence-electron chi connectivity index (χ1n) is 18.1. The van der Waals surface area contributed by atoms with E-state index in [1.54, 1.807) is 39.5 Å². The third-order valence-corrected chi connectivity index (χ3v) is 9.25. The summed E-state index contributed by atoms with van der Waals surface area (Å²) >= 11 is 0. The maximum atomic E-state index is 14.5. The topological polar surface area (TPSA) is 117 Å². The van der Waals surface area contributed by atoms with E-state index in [1.807, 2.05) is 97.2 Å². The first-order chi connectivity index (χ1) is 27.4. The minimum atomic E-state index is -0.405. The van der Waals surface area contributed by atoms with E-state index in [9.17, 15) is 4.79 Å². The van der Waals surface area contributed by atoms with Crippen LogP contribution in [0.1, 0.15) is 29.3 Å². The monoisotopic (exact) mass is 747 g/mol. The molecular formula is C45H41N5O6. The van der Waals surface area contributed by atoms with Crippen LogP contribution in [0.25, 0.3) is 28.6 Å². The van der Waals surface area contributed by atoms with E-state index in [2.05, 4.69) is 18.0 Å². The van der Waals surface area contributed by atoms with Gasteiger partial charge >= 0.3 is 0 Å². The van der Waals surface area contributed by atoms with Crippen LogP contribution in [-0.4, -0.2) is 61.7 Å². The molecule has 11 nitrogen and oxygen atoms in total. The lowest BCUT2D eigenvalue weighted by Gasteiger charge is -2.18. The number of ether oxygens (including phenoxy) is 5. The van der Waals surface area contributed by atoms with E-state index in [-0.39, 0.29) is 11.6 Å². The average Bonchev–Trinajstić information content (AvgIpc) is 3.58. The van der Waals surface area contributed by atoms with Gasteiger partial charge < -0.3 is 23.7 Å². The number of aryl methyl sites for hydroxylation is 1. The van der Waals surface area contributed by atoms with Crippen molar-refractivity contribution < 1.29 is 28.5 Å². The van der Waals surface area contributed by atoms with Gasteiger partial charge in [0.15, 0.2) is 17.3 Å². The van der Waals surface area contributed by atoms with Crippen LogP contribution in [-0.2, 0) is 17.6 Å². The molecule has 11 heteroatoms. The fraction of sp³-hybridized carbons (Fsp3) is 0.178. The summed E-state index contributed by atoms with van der Waals surface area (Å²) in [7, 11) is 6.24. The molecular weight excluding hydrogens is 707 g/mol. The number of hydrogen-bond acceptors (Lipinski definition) is 10. The summed E-state index contributed by atoms with van der Waals surface area (Å²) in [5.74, 6) is 2.91. The van der Waals surface area contributed by atoms with E-state index in [1.165, 1.54) is 17.6 Å². The first kappa shape index (κ1) is 37.3. The fourth-order valence-electron chi connectivity index (χ4n) is 6.23. The van der Waals surface area contributed by atoms with Gasteiger partial charge in [0, 0.05) is 35.0 Å². The Balaban J connectivity index is 1.26. The Bertz CT molecular complexity index is 2350. The second kappa shape index (κ2) is 17.0. The molecule has 4 aromatic carbocycles. The highest BCUT2D eigenvalue weighted by Gasteiger charge is 2.35. The van der Waals surface area contributed by atoms with Crippen LogP contribution in [0.3, 0.4) is 0 Å². The lowest BCUT2D eigenvalue weighted by atomic mass is 10.1. The number of carbonyl (C=O) groups excluding carboxylic acids is 1. The molecule has 1 amide bonds. The largest absolute Gasteiger partial charge is 0.497 e. The molecule has 0 unspecified atom stereocenters. The summed E-state index contributed by atoms with van der Waals surface area (Å²) in [6.45, 7) is 2.60. The lowest BCUT2D eigenvalue weighted by Crippen LogP contribution is -2.34. The number of aliphatic imine (C=N–C) groups is 1. The molecule has 0 saturated carbocycles. The molecule has 2 aromatic heterocycles. The van der Waals surface area contributed by atoms with Gasteiger partial charge in [-0.3, -0.25) is 9.78 Å². The first-order valence-corrected chi connectivity index (χ1v) is 18.1. The minimum absolute atomic E-state index is 0.163. The van der Waals surface area contributed by atoms with Gasteiger partial charge in [-0.05, 0) is 96.4 Å². The Labute approximate surface area is 325 Å². The molecule has 0 atom stereocenters. The predicted molar refractivity (Wildman–Crippen MR) is 217 cm³/mol. The van der Waals surface area contributed by atoms with Gasteiger partial charge in [0.2, 0.25) is 11.7 Å². The Hall–Kier alpha value is -7.01. The number of rotatable bonds is 14. The van der Waals surface area contributed by atoms with E-state index < -0.39 is 5.91 Å². The van der Waals surface area contributed by atoms with Crippen LogP contribution in [0, 0.1) is 0 Å². The molecule has 0 spiro atoms. The highest BCUT2D eigenvalue weighted by Crippen LogP contribution is 2.39. The van der Waals surface area contributed by atoms with Gasteiger partial charge in [-0.1, -0.05) is 43.3 Å². The Morgan fingerprint density at radius 2 is 1.32 bits per heavy atom. The lowest BCUT2D eigenvalue weighted by molar-refractivity contribution is -0.113. The van der Waals surface area contributed by atoms with Gasteiger partial charge in [0.25, 0.3) is 5.91 Å². The number of amidine groups is 1. The third-order valence-electron chi connectivity index (χ3n) is 9.25. The summed E-state index contributed by atoms with van der Waals surface area (Å²) in [6, 6.07) is 34.3. The van der Waals surface area contributed by atoms with Gasteiger partial charge in [-0.15, -0.1) is 0 Å². The number of methoxy groups -OCH3 is 4. The van der Waals surface area contributed by atoms with Crippen molar-refractivity contribution in [3.8, 4) is 51.3 Å². The van der Waals surface area contributed by atoms with E-state index >= 15 is 0 Å². The van der Waals surface area contributed by atoms with Crippen LogP contribution in [0.15, 0.2) is 126 Å². The van der Waals surface area contributed by atoms with Crippen LogP contribution in [0.5, 0.6) is 28.7 Å². The van der Waals surface area contributed by atoms with Crippen LogP contribution < -0.4 is 28.6 Å². The number of pyridine rings is 1. The zero-order chi connectivity index (χ0) is 39.0. The van der Waals surface area contributed by atoms with Crippen molar-refractivity contribution in [3.63, 3.8) is 0 Å². The second-order valence-electron chi connectivity index (χ2n) is 12.7. The molecule has 0 N–H and O–H groups in total. The van der Waals surface area contributed by atoms with Crippen molar-refractivity contribution in [1.82, 2.24) is 15.0 Å². The summed E-state index contributed by atoms with van der Waals surface area (Å²) in [5, 5.41) is 0. The van der Waals surface area contributed by atoms with Crippen LogP contribution in [0.2, 0.25) is 0 Å². The van der Waals surface area contributed by atoms with Gasteiger partial charge in [0.05, 0.1) is 46.4 Å². The Morgan fingerprint density at radius 1 is 0.679 bits per heavy atom. The van der Waals surface area contributed by atoms with Crippen molar-refractivity contribution in [3.05, 3.63) is 143 Å². The molecule has 0 saturated heterocycles. The normalized spacial score (nSPS) is 13.1. The maximum absolute atomic E-state index is 14.5. The molecule has 1 aliphatic heterocycles. The molecule has 3 heterocycles. The summed E-state index contributed by atoms with van der Waals surface area (Å²) in [5.41, 5.74) is 6.55. The van der Waals surface area contributed by atoms with Gasteiger partial charge in [-0.25, -0.2) is 19.9 Å². The zero-order valence-electron chi connectivity index (χ0n) is 31.9. The molecule has 0 bridgehead atoms. The highest BCUT2D eigenvalue weighted by atomic mass is 16.5. The number of amides is 1. The van der Waals surface area contributed by atoms with Crippen molar-refractivity contribution in [1.29, 1.82) is 0 Å². The molecule has 7 rings (SSSR count). The Kier molecular flexibility index (Phi) is 11.3. The SMILES string of the molecule is CCc1ccc(CCOc2ccc(-c3cc(-c4ccc(OC)cc4)nc(N4C(=O)/C(=C\c5cc(OC)c(OC)c(OC)c5)N=C4c4ccccc4)n3)cc2)nc1. The van der Waals surface area contributed by atoms with Crippen molar-refractivity contribution in [2.75, 3.05) is 39.9 Å². The minimum Gasteiger partial charge on any atom is -0.497 e. The number of aromatic nitrogens is 3. The van der Waals surface area contributed by atoms with E-state index in [0.29, 0.717) is 64.4 Å². The summed E-state index contributed by atoms with van der Waals surface area (Å²) in [6.07, 6.45) is 5.24. The molecule has 56 heavy (non-hydrogen) atoms. The summed E-state index contributed by atoms with van der Waals surface area (Å²) in [4.78, 5) is 35.3. The van der Waals surface area contributed by atoms with Crippen molar-refractivity contribution in [2.45, 2.75) is 19.8 Å². The fourth-order valence-corrected chi connectivity index (χ4v) is 6.23. The van der Waals surface area contributed by atoms with Crippen LogP contribution >= 0.6 is 0 Å². The number of hydrogen-bond donors (Lipinski definition) is 0.